The van der Waals surface area contributed by atoms with Crippen LogP contribution in [0.1, 0.15) is 25.5 Å². The summed E-state index contributed by atoms with van der Waals surface area (Å²) in [5.74, 6) is -0.211. The monoisotopic (exact) mass is 219 g/mol. The number of hydrogen-bond donors (Lipinski definition) is 0. The fourth-order valence-electron chi connectivity index (χ4n) is 1.41. The molecule has 0 amide bonds. The van der Waals surface area contributed by atoms with Gasteiger partial charge in [0.1, 0.15) is 11.5 Å². The minimum atomic E-state index is -0.211. The maximum absolute atomic E-state index is 13.4. The lowest BCUT2D eigenvalue weighted by molar-refractivity contribution is 0.514. The second kappa shape index (κ2) is 4.04. The van der Waals surface area contributed by atoms with E-state index in [4.69, 9.17) is 0 Å². The molecular weight excluding hydrogens is 205 g/mol. The summed E-state index contributed by atoms with van der Waals surface area (Å²) in [7, 11) is 0. The number of halogens is 1. The minimum absolute atomic E-state index is 0.211. The predicted octanol–water partition coefficient (Wildman–Crippen LogP) is 2.97. The Hall–Kier alpha value is -1.71. The summed E-state index contributed by atoms with van der Waals surface area (Å²) in [4.78, 5) is 0. The van der Waals surface area contributed by atoms with Gasteiger partial charge in [-0.1, -0.05) is 17.3 Å². The first-order valence-electron chi connectivity index (χ1n) is 5.26. The Kier molecular flexibility index (Phi) is 2.73. The largest absolute Gasteiger partial charge is 0.249 e. The van der Waals surface area contributed by atoms with Gasteiger partial charge in [0.2, 0.25) is 0 Å². The second-order valence-corrected chi connectivity index (χ2v) is 4.14. The van der Waals surface area contributed by atoms with E-state index in [9.17, 15) is 4.39 Å². The first-order valence-corrected chi connectivity index (χ1v) is 5.26. The molecule has 16 heavy (non-hydrogen) atoms. The Morgan fingerprint density at radius 2 is 2.06 bits per heavy atom. The molecular formula is C12H14FN3. The highest BCUT2D eigenvalue weighted by Crippen LogP contribution is 2.20. The predicted molar refractivity (Wildman–Crippen MR) is 60.5 cm³/mol. The maximum atomic E-state index is 13.4. The molecule has 2 aromatic rings. The number of benzene rings is 1. The summed E-state index contributed by atoms with van der Waals surface area (Å²) < 4.78 is 15.1. The van der Waals surface area contributed by atoms with E-state index in [1.165, 1.54) is 6.07 Å². The van der Waals surface area contributed by atoms with Crippen LogP contribution < -0.4 is 0 Å². The van der Waals surface area contributed by atoms with Gasteiger partial charge >= 0.3 is 0 Å². The molecule has 2 rings (SSSR count). The lowest BCUT2D eigenvalue weighted by atomic mass is 10.1. The lowest BCUT2D eigenvalue weighted by Crippen LogP contribution is -2.00. The smallest absolute Gasteiger partial charge is 0.126 e. The Morgan fingerprint density at radius 1 is 1.31 bits per heavy atom. The van der Waals surface area contributed by atoms with Gasteiger partial charge < -0.3 is 0 Å². The third kappa shape index (κ3) is 1.96. The van der Waals surface area contributed by atoms with Crippen molar-refractivity contribution in [2.75, 3.05) is 0 Å². The van der Waals surface area contributed by atoms with Crippen LogP contribution >= 0.6 is 0 Å². The molecule has 1 aromatic carbocycles. The summed E-state index contributed by atoms with van der Waals surface area (Å²) >= 11 is 0. The van der Waals surface area contributed by atoms with Crippen molar-refractivity contribution in [2.24, 2.45) is 0 Å². The SMILES string of the molecule is Cc1ccc(-c2cn(C(C)C)nn2)cc1F. The van der Waals surface area contributed by atoms with Gasteiger partial charge in [0.05, 0.1) is 6.20 Å². The van der Waals surface area contributed by atoms with Gasteiger partial charge in [-0.15, -0.1) is 5.10 Å². The zero-order valence-electron chi connectivity index (χ0n) is 9.61. The number of rotatable bonds is 2. The Balaban J connectivity index is 2.39. The molecule has 1 aromatic heterocycles. The van der Waals surface area contributed by atoms with Gasteiger partial charge in [-0.3, -0.25) is 0 Å². The molecule has 1 heterocycles. The van der Waals surface area contributed by atoms with E-state index >= 15 is 0 Å². The molecule has 4 heteroatoms. The molecule has 0 radical (unpaired) electrons. The van der Waals surface area contributed by atoms with E-state index in [0.717, 1.165) is 5.56 Å². The van der Waals surface area contributed by atoms with Crippen LogP contribution in [0.4, 0.5) is 4.39 Å². The molecule has 0 aliphatic heterocycles. The van der Waals surface area contributed by atoms with Gasteiger partial charge in [0, 0.05) is 11.6 Å². The number of aryl methyl sites for hydroxylation is 1. The molecule has 3 nitrogen and oxygen atoms in total. The van der Waals surface area contributed by atoms with Gasteiger partial charge in [-0.25, -0.2) is 9.07 Å². The van der Waals surface area contributed by atoms with Gasteiger partial charge in [-0.2, -0.15) is 0 Å². The van der Waals surface area contributed by atoms with E-state index in [-0.39, 0.29) is 11.9 Å². The molecule has 84 valence electrons. The van der Waals surface area contributed by atoms with Gasteiger partial charge in [-0.05, 0) is 32.4 Å². The van der Waals surface area contributed by atoms with Crippen LogP contribution in [0.3, 0.4) is 0 Å². The fraction of sp³-hybridized carbons (Fsp3) is 0.333. The van der Waals surface area contributed by atoms with Crippen molar-refractivity contribution in [3.8, 4) is 11.3 Å². The average Bonchev–Trinajstić information content (AvgIpc) is 2.71. The van der Waals surface area contributed by atoms with Crippen LogP contribution in [0, 0.1) is 12.7 Å². The quantitative estimate of drug-likeness (QED) is 0.777. The van der Waals surface area contributed by atoms with Crippen molar-refractivity contribution in [2.45, 2.75) is 26.8 Å². The van der Waals surface area contributed by atoms with Crippen LogP contribution in [-0.2, 0) is 0 Å². The normalized spacial score (nSPS) is 11.1. The molecule has 0 saturated carbocycles. The first kappa shape index (κ1) is 10.8. The van der Waals surface area contributed by atoms with Crippen LogP contribution in [0.25, 0.3) is 11.3 Å². The molecule has 0 unspecified atom stereocenters. The molecule has 0 aliphatic carbocycles. The molecule has 0 spiro atoms. The van der Waals surface area contributed by atoms with Crippen molar-refractivity contribution in [1.29, 1.82) is 0 Å². The van der Waals surface area contributed by atoms with Crippen molar-refractivity contribution >= 4 is 0 Å². The zero-order chi connectivity index (χ0) is 11.7. The standard InChI is InChI=1S/C12H14FN3/c1-8(2)16-7-12(14-15-16)10-5-4-9(3)11(13)6-10/h4-8H,1-3H3. The molecule has 0 atom stereocenters. The van der Waals surface area contributed by atoms with E-state index in [1.54, 1.807) is 17.7 Å². The topological polar surface area (TPSA) is 30.7 Å². The highest BCUT2D eigenvalue weighted by Gasteiger charge is 2.07. The van der Waals surface area contributed by atoms with Crippen molar-refractivity contribution in [3.05, 3.63) is 35.8 Å². The molecule has 0 saturated heterocycles. The summed E-state index contributed by atoms with van der Waals surface area (Å²) in [6, 6.07) is 5.35. The van der Waals surface area contributed by atoms with Crippen LogP contribution in [-0.4, -0.2) is 15.0 Å². The Bertz CT molecular complexity index is 503. The minimum Gasteiger partial charge on any atom is -0.249 e. The number of aromatic nitrogens is 3. The van der Waals surface area contributed by atoms with Crippen LogP contribution in [0.15, 0.2) is 24.4 Å². The van der Waals surface area contributed by atoms with Crippen molar-refractivity contribution in [3.63, 3.8) is 0 Å². The summed E-state index contributed by atoms with van der Waals surface area (Å²) in [5.41, 5.74) is 2.10. The van der Waals surface area contributed by atoms with E-state index in [1.807, 2.05) is 26.1 Å². The Labute approximate surface area is 93.9 Å². The maximum Gasteiger partial charge on any atom is 0.126 e. The van der Waals surface area contributed by atoms with Crippen LogP contribution in [0.5, 0.6) is 0 Å². The molecule has 0 fully saturated rings. The summed E-state index contributed by atoms with van der Waals surface area (Å²) in [6.07, 6.45) is 1.83. The third-order valence-corrected chi connectivity index (χ3v) is 2.51. The average molecular weight is 219 g/mol. The molecule has 0 N–H and O–H groups in total. The number of hydrogen-bond acceptors (Lipinski definition) is 2. The van der Waals surface area contributed by atoms with Gasteiger partial charge in [0.15, 0.2) is 0 Å². The summed E-state index contributed by atoms with van der Waals surface area (Å²) in [5, 5.41) is 8.01. The second-order valence-electron chi connectivity index (χ2n) is 4.14. The molecule has 0 aliphatic rings. The third-order valence-electron chi connectivity index (χ3n) is 2.51. The highest BCUT2D eigenvalue weighted by atomic mass is 19.1. The molecule has 0 bridgehead atoms. The van der Waals surface area contributed by atoms with Crippen LogP contribution in [0.2, 0.25) is 0 Å². The van der Waals surface area contributed by atoms with Crippen molar-refractivity contribution < 1.29 is 4.39 Å². The van der Waals surface area contributed by atoms with E-state index in [2.05, 4.69) is 10.3 Å². The van der Waals surface area contributed by atoms with E-state index < -0.39 is 0 Å². The Morgan fingerprint density at radius 3 is 2.62 bits per heavy atom. The number of nitrogens with zero attached hydrogens (tertiary/aromatic N) is 3. The zero-order valence-corrected chi connectivity index (χ0v) is 9.61. The fourth-order valence-corrected chi connectivity index (χ4v) is 1.41. The first-order chi connectivity index (χ1) is 7.58. The lowest BCUT2D eigenvalue weighted by Gasteiger charge is -2.01. The van der Waals surface area contributed by atoms with Gasteiger partial charge in [0.25, 0.3) is 0 Å². The van der Waals surface area contributed by atoms with Crippen molar-refractivity contribution in [1.82, 2.24) is 15.0 Å². The summed E-state index contributed by atoms with van der Waals surface area (Å²) in [6.45, 7) is 5.78. The highest BCUT2D eigenvalue weighted by molar-refractivity contribution is 5.58. The van der Waals surface area contributed by atoms with E-state index in [0.29, 0.717) is 11.3 Å².